The molecule has 3 rings (SSSR count). The van der Waals surface area contributed by atoms with Crippen LogP contribution in [0.3, 0.4) is 0 Å². The Kier molecular flexibility index (Phi) is 4.04. The van der Waals surface area contributed by atoms with Crippen LogP contribution < -0.4 is 16.0 Å². The number of amides is 1. The molecule has 2 N–H and O–H groups in total. The summed E-state index contributed by atoms with van der Waals surface area (Å²) in [5, 5.41) is 1.30. The Bertz CT molecular complexity index is 946. The lowest BCUT2D eigenvalue weighted by atomic mass is 10.1. The molecule has 0 aliphatic heterocycles. The molecule has 116 valence electrons. The Hall–Kier alpha value is -2.79. The monoisotopic (exact) mass is 328 g/mol. The van der Waals surface area contributed by atoms with Crippen LogP contribution in [0.25, 0.3) is 11.0 Å². The molecule has 0 aliphatic rings. The Balaban J connectivity index is 2.24. The highest BCUT2D eigenvalue weighted by Crippen LogP contribution is 2.21. The summed E-state index contributed by atoms with van der Waals surface area (Å²) in [7, 11) is 1.57. The minimum absolute atomic E-state index is 0.150. The van der Waals surface area contributed by atoms with Crippen LogP contribution >= 0.6 is 11.6 Å². The van der Waals surface area contributed by atoms with Gasteiger partial charge in [-0.2, -0.15) is 0 Å². The third-order valence-corrected chi connectivity index (χ3v) is 3.53. The van der Waals surface area contributed by atoms with Crippen molar-refractivity contribution in [2.24, 2.45) is 10.7 Å². The Morgan fingerprint density at radius 3 is 2.57 bits per heavy atom. The number of hydrogen-bond donors (Lipinski definition) is 1. The SMILES string of the molecule is COc1ccc2oc(=Nc3ccc(Cl)cc3)c(C(N)=O)cc2c1. The van der Waals surface area contributed by atoms with Crippen LogP contribution in [0, 0.1) is 0 Å². The number of nitrogens with zero attached hydrogens (tertiary/aromatic N) is 1. The summed E-state index contributed by atoms with van der Waals surface area (Å²) in [6.45, 7) is 0. The van der Waals surface area contributed by atoms with Crippen molar-refractivity contribution in [1.29, 1.82) is 0 Å². The summed E-state index contributed by atoms with van der Waals surface area (Å²) in [6, 6.07) is 13.8. The van der Waals surface area contributed by atoms with Crippen molar-refractivity contribution in [3.8, 4) is 5.75 Å². The second-order valence-electron chi connectivity index (χ2n) is 4.82. The quantitative estimate of drug-likeness (QED) is 0.800. The third kappa shape index (κ3) is 3.19. The zero-order valence-electron chi connectivity index (χ0n) is 12.2. The molecule has 6 heteroatoms. The normalized spacial score (nSPS) is 11.7. The van der Waals surface area contributed by atoms with Crippen LogP contribution in [0.5, 0.6) is 5.75 Å². The van der Waals surface area contributed by atoms with Crippen molar-refractivity contribution in [1.82, 2.24) is 0 Å². The molecule has 0 unspecified atom stereocenters. The zero-order valence-corrected chi connectivity index (χ0v) is 13.0. The summed E-state index contributed by atoms with van der Waals surface area (Å²) in [5.41, 5.74) is 6.97. The minimum atomic E-state index is -0.619. The first kappa shape index (κ1) is 15.1. The molecular formula is C17H13ClN2O3. The number of primary amides is 1. The molecular weight excluding hydrogens is 316 g/mol. The van der Waals surface area contributed by atoms with E-state index in [0.717, 1.165) is 0 Å². The van der Waals surface area contributed by atoms with Gasteiger partial charge in [0.15, 0.2) is 0 Å². The third-order valence-electron chi connectivity index (χ3n) is 3.28. The number of halogens is 1. The summed E-state index contributed by atoms with van der Waals surface area (Å²) in [5.74, 6) is 0.0386. The highest BCUT2D eigenvalue weighted by atomic mass is 35.5. The molecule has 3 aromatic rings. The Labute approximate surface area is 137 Å². The average molecular weight is 329 g/mol. The first-order chi connectivity index (χ1) is 11.1. The van der Waals surface area contributed by atoms with Crippen molar-refractivity contribution in [3.63, 3.8) is 0 Å². The minimum Gasteiger partial charge on any atom is -0.497 e. The average Bonchev–Trinajstić information content (AvgIpc) is 2.55. The van der Waals surface area contributed by atoms with Gasteiger partial charge >= 0.3 is 0 Å². The first-order valence-electron chi connectivity index (χ1n) is 6.79. The van der Waals surface area contributed by atoms with E-state index in [-0.39, 0.29) is 11.1 Å². The van der Waals surface area contributed by atoms with Crippen molar-refractivity contribution >= 4 is 34.2 Å². The molecule has 1 aromatic heterocycles. The summed E-state index contributed by atoms with van der Waals surface area (Å²) < 4.78 is 10.9. The van der Waals surface area contributed by atoms with Gasteiger partial charge in [-0.3, -0.25) is 4.79 Å². The molecule has 23 heavy (non-hydrogen) atoms. The zero-order chi connectivity index (χ0) is 16.4. The summed E-state index contributed by atoms with van der Waals surface area (Å²) in [6.07, 6.45) is 0. The number of ether oxygens (including phenoxy) is 1. The number of benzene rings is 2. The highest BCUT2D eigenvalue weighted by Gasteiger charge is 2.10. The fourth-order valence-electron chi connectivity index (χ4n) is 2.13. The van der Waals surface area contributed by atoms with Gasteiger partial charge in [0, 0.05) is 10.4 Å². The lowest BCUT2D eigenvalue weighted by Gasteiger charge is -2.04. The number of carbonyl (C=O) groups is 1. The van der Waals surface area contributed by atoms with E-state index in [1.165, 1.54) is 0 Å². The molecule has 5 nitrogen and oxygen atoms in total. The van der Waals surface area contributed by atoms with Gasteiger partial charge in [0.2, 0.25) is 5.55 Å². The lowest BCUT2D eigenvalue weighted by Crippen LogP contribution is -2.21. The predicted octanol–water partition coefficient (Wildman–Crippen LogP) is 3.43. The van der Waals surface area contributed by atoms with Crippen molar-refractivity contribution in [2.45, 2.75) is 0 Å². The van der Waals surface area contributed by atoms with E-state index in [1.807, 2.05) is 0 Å². The fraction of sp³-hybridized carbons (Fsp3) is 0.0588. The van der Waals surface area contributed by atoms with Crippen LogP contribution in [-0.4, -0.2) is 13.0 Å². The van der Waals surface area contributed by atoms with E-state index in [0.29, 0.717) is 27.4 Å². The van der Waals surface area contributed by atoms with E-state index in [4.69, 9.17) is 26.5 Å². The number of nitrogens with two attached hydrogens (primary N) is 1. The van der Waals surface area contributed by atoms with Gasteiger partial charge in [-0.1, -0.05) is 11.6 Å². The van der Waals surface area contributed by atoms with Crippen LogP contribution in [0.2, 0.25) is 5.02 Å². The van der Waals surface area contributed by atoms with Crippen molar-refractivity contribution in [3.05, 3.63) is 64.7 Å². The van der Waals surface area contributed by atoms with Gasteiger partial charge in [0.25, 0.3) is 5.91 Å². The van der Waals surface area contributed by atoms with Gasteiger partial charge in [-0.05, 0) is 48.5 Å². The van der Waals surface area contributed by atoms with Gasteiger partial charge in [0.1, 0.15) is 16.9 Å². The van der Waals surface area contributed by atoms with Gasteiger partial charge < -0.3 is 14.9 Å². The molecule has 0 saturated carbocycles. The number of fused-ring (bicyclic) bond motifs is 1. The van der Waals surface area contributed by atoms with Crippen LogP contribution in [0.4, 0.5) is 5.69 Å². The number of hydrogen-bond acceptors (Lipinski definition) is 4. The Morgan fingerprint density at radius 1 is 1.17 bits per heavy atom. The predicted molar refractivity (Wildman–Crippen MR) is 88.0 cm³/mol. The maximum atomic E-state index is 11.7. The summed E-state index contributed by atoms with van der Waals surface area (Å²) >= 11 is 5.85. The summed E-state index contributed by atoms with van der Waals surface area (Å²) in [4.78, 5) is 16.1. The molecule has 0 saturated heterocycles. The first-order valence-corrected chi connectivity index (χ1v) is 7.16. The molecule has 0 fully saturated rings. The fourth-order valence-corrected chi connectivity index (χ4v) is 2.25. The molecule has 0 atom stereocenters. The number of methoxy groups -OCH3 is 1. The molecule has 0 aliphatic carbocycles. The second kappa shape index (κ2) is 6.14. The van der Waals surface area contributed by atoms with Gasteiger partial charge in [0.05, 0.1) is 12.8 Å². The van der Waals surface area contributed by atoms with E-state index in [2.05, 4.69) is 4.99 Å². The van der Waals surface area contributed by atoms with Gasteiger partial charge in [-0.15, -0.1) is 0 Å². The number of rotatable bonds is 3. The number of carbonyl (C=O) groups excluding carboxylic acids is 1. The largest absolute Gasteiger partial charge is 0.497 e. The van der Waals surface area contributed by atoms with E-state index in [9.17, 15) is 4.79 Å². The van der Waals surface area contributed by atoms with E-state index >= 15 is 0 Å². The maximum Gasteiger partial charge on any atom is 0.254 e. The topological polar surface area (TPSA) is 77.8 Å². The van der Waals surface area contributed by atoms with Crippen LogP contribution in [-0.2, 0) is 0 Å². The highest BCUT2D eigenvalue weighted by molar-refractivity contribution is 6.30. The van der Waals surface area contributed by atoms with E-state index in [1.54, 1.807) is 55.6 Å². The molecule has 1 amide bonds. The Morgan fingerprint density at radius 2 is 1.91 bits per heavy atom. The maximum absolute atomic E-state index is 11.7. The molecule has 0 spiro atoms. The van der Waals surface area contributed by atoms with Gasteiger partial charge in [-0.25, -0.2) is 4.99 Å². The molecule has 0 radical (unpaired) electrons. The molecule has 1 heterocycles. The van der Waals surface area contributed by atoms with Crippen molar-refractivity contribution in [2.75, 3.05) is 7.11 Å². The second-order valence-corrected chi connectivity index (χ2v) is 5.26. The smallest absolute Gasteiger partial charge is 0.254 e. The lowest BCUT2D eigenvalue weighted by molar-refractivity contribution is 0.0996. The molecule has 0 bridgehead atoms. The van der Waals surface area contributed by atoms with E-state index < -0.39 is 5.91 Å². The van der Waals surface area contributed by atoms with Crippen LogP contribution in [0.1, 0.15) is 10.4 Å². The molecule has 2 aromatic carbocycles. The van der Waals surface area contributed by atoms with Crippen LogP contribution in [0.15, 0.2) is 57.9 Å². The standard InChI is InChI=1S/C17H13ClN2O3/c1-22-13-6-7-15-10(8-13)9-14(16(19)21)17(23-15)20-12-4-2-11(18)3-5-12/h2-9H,1H3,(H2,19,21). The van der Waals surface area contributed by atoms with Crippen molar-refractivity contribution < 1.29 is 13.9 Å².